The zero-order valence-electron chi connectivity index (χ0n) is 7.31. The average Bonchev–Trinajstić information content (AvgIpc) is 2.03. The Balaban J connectivity index is 2.75. The van der Waals surface area contributed by atoms with Crippen molar-refractivity contribution >= 4 is 11.8 Å². The zero-order valence-corrected chi connectivity index (χ0v) is 8.12. The van der Waals surface area contributed by atoms with E-state index in [1.807, 2.05) is 0 Å². The van der Waals surface area contributed by atoms with Gasteiger partial charge in [0.1, 0.15) is 5.40 Å². The van der Waals surface area contributed by atoms with Crippen molar-refractivity contribution in [2.75, 3.05) is 5.75 Å². The van der Waals surface area contributed by atoms with Crippen molar-refractivity contribution in [2.45, 2.75) is 45.4 Å². The van der Waals surface area contributed by atoms with Gasteiger partial charge >= 0.3 is 0 Å². The van der Waals surface area contributed by atoms with Crippen LogP contribution in [0.4, 0.5) is 0 Å². The summed E-state index contributed by atoms with van der Waals surface area (Å²) in [5.74, 6) is 1.02. The second kappa shape index (κ2) is 9.84. The summed E-state index contributed by atoms with van der Waals surface area (Å²) in [4.78, 5) is 0. The Morgan fingerprint density at radius 2 is 1.73 bits per heavy atom. The lowest BCUT2D eigenvalue weighted by molar-refractivity contribution is 0.627. The number of thiocyanates is 1. The van der Waals surface area contributed by atoms with Crippen LogP contribution in [-0.2, 0) is 0 Å². The number of thioether (sulfide) groups is 1. The molecular weight excluding hydrogens is 154 g/mol. The first-order valence-electron chi connectivity index (χ1n) is 4.42. The monoisotopic (exact) mass is 171 g/mol. The molecular formula is C9H17NS. The minimum Gasteiger partial charge on any atom is -0.185 e. The van der Waals surface area contributed by atoms with Crippen LogP contribution in [0.25, 0.3) is 0 Å². The molecule has 0 atom stereocenters. The number of nitrogens with zero attached hydrogens (tertiary/aromatic N) is 1. The summed E-state index contributed by atoms with van der Waals surface area (Å²) < 4.78 is 0. The van der Waals surface area contributed by atoms with E-state index in [9.17, 15) is 0 Å². The van der Waals surface area contributed by atoms with Crippen LogP contribution in [0.2, 0.25) is 0 Å². The predicted molar refractivity (Wildman–Crippen MR) is 51.4 cm³/mol. The van der Waals surface area contributed by atoms with Gasteiger partial charge in [0, 0.05) is 5.75 Å². The molecule has 2 heteroatoms. The molecule has 0 bridgehead atoms. The lowest BCUT2D eigenvalue weighted by Crippen LogP contribution is -1.80. The van der Waals surface area contributed by atoms with Crippen LogP contribution in [0.15, 0.2) is 0 Å². The first-order chi connectivity index (χ1) is 5.41. The maximum absolute atomic E-state index is 8.22. The van der Waals surface area contributed by atoms with Crippen LogP contribution in [0.5, 0.6) is 0 Å². The summed E-state index contributed by atoms with van der Waals surface area (Å²) in [5, 5.41) is 10.3. The van der Waals surface area contributed by atoms with Gasteiger partial charge in [0.15, 0.2) is 0 Å². The third-order valence-corrected chi connectivity index (χ3v) is 2.29. The molecule has 11 heavy (non-hydrogen) atoms. The Hall–Kier alpha value is -0.160. The second-order valence-electron chi connectivity index (χ2n) is 2.71. The van der Waals surface area contributed by atoms with Gasteiger partial charge in [0.05, 0.1) is 0 Å². The maximum Gasteiger partial charge on any atom is 0.133 e. The van der Waals surface area contributed by atoms with Gasteiger partial charge in [-0.3, -0.25) is 0 Å². The first kappa shape index (κ1) is 10.8. The van der Waals surface area contributed by atoms with E-state index < -0.39 is 0 Å². The Morgan fingerprint density at radius 1 is 1.09 bits per heavy atom. The fourth-order valence-corrected chi connectivity index (χ4v) is 1.44. The van der Waals surface area contributed by atoms with Gasteiger partial charge in [0.2, 0.25) is 0 Å². The molecule has 0 saturated carbocycles. The molecule has 0 aromatic carbocycles. The molecule has 0 unspecified atom stereocenters. The Labute approximate surface area is 74.2 Å². The third-order valence-electron chi connectivity index (χ3n) is 1.66. The standard InChI is InChI=1S/C9H17NS/c1-2-3-4-5-6-7-8-11-9-10/h2-8H2,1H3. The number of rotatable bonds is 7. The van der Waals surface area contributed by atoms with Crippen molar-refractivity contribution in [3.8, 4) is 5.40 Å². The van der Waals surface area contributed by atoms with E-state index in [2.05, 4.69) is 12.3 Å². The van der Waals surface area contributed by atoms with Crippen molar-refractivity contribution in [3.63, 3.8) is 0 Å². The molecule has 0 radical (unpaired) electrons. The van der Waals surface area contributed by atoms with E-state index in [4.69, 9.17) is 5.26 Å². The van der Waals surface area contributed by atoms with Gasteiger partial charge in [-0.05, 0) is 18.2 Å². The summed E-state index contributed by atoms with van der Waals surface area (Å²) in [7, 11) is 0. The van der Waals surface area contributed by atoms with E-state index in [-0.39, 0.29) is 0 Å². The predicted octanol–water partition coefficient (Wildman–Crippen LogP) is 3.56. The van der Waals surface area contributed by atoms with Crippen molar-refractivity contribution in [1.29, 1.82) is 5.26 Å². The number of hydrogen-bond acceptors (Lipinski definition) is 2. The van der Waals surface area contributed by atoms with Crippen molar-refractivity contribution in [2.24, 2.45) is 0 Å². The van der Waals surface area contributed by atoms with E-state index >= 15 is 0 Å². The third kappa shape index (κ3) is 9.84. The highest BCUT2D eigenvalue weighted by atomic mass is 32.2. The second-order valence-corrected chi connectivity index (χ2v) is 3.59. The van der Waals surface area contributed by atoms with Gasteiger partial charge in [-0.2, -0.15) is 5.26 Å². The molecule has 0 aromatic heterocycles. The molecule has 0 aliphatic carbocycles. The zero-order chi connectivity index (χ0) is 8.36. The summed E-state index contributed by atoms with van der Waals surface area (Å²) in [6.45, 7) is 2.23. The number of nitriles is 1. The summed E-state index contributed by atoms with van der Waals surface area (Å²) in [6, 6.07) is 0. The van der Waals surface area contributed by atoms with E-state index in [1.54, 1.807) is 0 Å². The van der Waals surface area contributed by atoms with Crippen molar-refractivity contribution in [3.05, 3.63) is 0 Å². The molecule has 0 amide bonds. The molecule has 1 nitrogen and oxygen atoms in total. The van der Waals surface area contributed by atoms with Gasteiger partial charge in [-0.1, -0.05) is 39.0 Å². The van der Waals surface area contributed by atoms with Crippen LogP contribution in [0, 0.1) is 10.7 Å². The fourth-order valence-electron chi connectivity index (χ4n) is 1.00. The maximum atomic E-state index is 8.22. The number of unbranched alkanes of at least 4 members (excludes halogenated alkanes) is 5. The van der Waals surface area contributed by atoms with E-state index in [1.165, 1.54) is 50.3 Å². The fraction of sp³-hybridized carbons (Fsp3) is 0.889. The lowest BCUT2D eigenvalue weighted by atomic mass is 10.1. The molecule has 0 saturated heterocycles. The summed E-state index contributed by atoms with van der Waals surface area (Å²) in [6.07, 6.45) is 7.91. The smallest absolute Gasteiger partial charge is 0.133 e. The summed E-state index contributed by atoms with van der Waals surface area (Å²) >= 11 is 1.38. The van der Waals surface area contributed by atoms with Gasteiger partial charge in [0.25, 0.3) is 0 Å². The number of hydrogen-bond donors (Lipinski definition) is 0. The molecule has 0 rings (SSSR count). The Kier molecular flexibility index (Phi) is 9.70. The highest BCUT2D eigenvalue weighted by Crippen LogP contribution is 2.08. The van der Waals surface area contributed by atoms with E-state index in [0.717, 1.165) is 5.75 Å². The molecule has 0 aliphatic heterocycles. The van der Waals surface area contributed by atoms with E-state index in [0.29, 0.717) is 0 Å². The molecule has 0 aliphatic rings. The van der Waals surface area contributed by atoms with Crippen LogP contribution in [0.3, 0.4) is 0 Å². The Bertz CT molecular complexity index is 107. The lowest BCUT2D eigenvalue weighted by Gasteiger charge is -1.96. The average molecular weight is 171 g/mol. The quantitative estimate of drug-likeness (QED) is 0.432. The van der Waals surface area contributed by atoms with Crippen LogP contribution in [0.1, 0.15) is 45.4 Å². The Morgan fingerprint density at radius 3 is 2.36 bits per heavy atom. The topological polar surface area (TPSA) is 23.8 Å². The minimum atomic E-state index is 1.02. The van der Waals surface area contributed by atoms with Gasteiger partial charge in [-0.15, -0.1) is 0 Å². The van der Waals surface area contributed by atoms with Gasteiger partial charge in [-0.25, -0.2) is 0 Å². The molecule has 0 aromatic rings. The van der Waals surface area contributed by atoms with Crippen LogP contribution in [-0.4, -0.2) is 5.75 Å². The minimum absolute atomic E-state index is 1.02. The molecule has 0 fully saturated rings. The SMILES string of the molecule is CCCCCCCCSC#N. The molecule has 0 N–H and O–H groups in total. The van der Waals surface area contributed by atoms with Crippen LogP contribution >= 0.6 is 11.8 Å². The van der Waals surface area contributed by atoms with Crippen molar-refractivity contribution < 1.29 is 0 Å². The molecule has 64 valence electrons. The highest BCUT2D eigenvalue weighted by Gasteiger charge is 1.89. The normalized spacial score (nSPS) is 9.45. The largest absolute Gasteiger partial charge is 0.185 e. The summed E-state index contributed by atoms with van der Waals surface area (Å²) in [5.41, 5.74) is 0. The molecule has 0 spiro atoms. The van der Waals surface area contributed by atoms with Crippen molar-refractivity contribution in [1.82, 2.24) is 0 Å². The van der Waals surface area contributed by atoms with Gasteiger partial charge < -0.3 is 0 Å². The molecule has 0 heterocycles. The first-order valence-corrected chi connectivity index (χ1v) is 5.41. The van der Waals surface area contributed by atoms with Crippen LogP contribution < -0.4 is 0 Å². The highest BCUT2D eigenvalue weighted by molar-refractivity contribution is 8.03.